The number of nitrogens with one attached hydrogen (secondary N) is 1. The molecule has 0 aromatic heterocycles. The van der Waals surface area contributed by atoms with Crippen LogP contribution in [0, 0.1) is 13.8 Å². The first-order valence-corrected chi connectivity index (χ1v) is 7.78. The molecule has 1 amide bonds. The van der Waals surface area contributed by atoms with Gasteiger partial charge in [-0.3, -0.25) is 4.79 Å². The fraction of sp³-hybridized carbons (Fsp3) is 0.263. The number of carbonyl (C=O) groups is 1. The molecule has 6 heteroatoms. The summed E-state index contributed by atoms with van der Waals surface area (Å²) in [6, 6.07) is 11.0. The van der Waals surface area contributed by atoms with Gasteiger partial charge in [-0.2, -0.15) is 5.10 Å². The normalized spacial score (nSPS) is 10.6. The molecule has 0 heterocycles. The predicted molar refractivity (Wildman–Crippen MR) is 96.7 cm³/mol. The van der Waals surface area contributed by atoms with Crippen LogP contribution in [0.1, 0.15) is 16.7 Å². The van der Waals surface area contributed by atoms with Crippen LogP contribution in [0.5, 0.6) is 17.2 Å². The maximum atomic E-state index is 11.9. The van der Waals surface area contributed by atoms with Crippen molar-refractivity contribution in [3.63, 3.8) is 0 Å². The highest BCUT2D eigenvalue weighted by molar-refractivity contribution is 5.85. The predicted octanol–water partition coefficient (Wildman–Crippen LogP) is 2.85. The van der Waals surface area contributed by atoms with Gasteiger partial charge < -0.3 is 14.2 Å². The van der Waals surface area contributed by atoms with E-state index in [2.05, 4.69) is 10.5 Å². The average molecular weight is 342 g/mol. The molecule has 0 saturated heterocycles. The number of ether oxygens (including phenoxy) is 3. The third kappa shape index (κ3) is 4.97. The monoisotopic (exact) mass is 342 g/mol. The lowest BCUT2D eigenvalue weighted by Gasteiger charge is -2.10. The molecule has 2 rings (SSSR count). The van der Waals surface area contributed by atoms with Crippen molar-refractivity contribution in [1.29, 1.82) is 0 Å². The number of hydrogen-bond donors (Lipinski definition) is 1. The Labute approximate surface area is 147 Å². The van der Waals surface area contributed by atoms with Crippen LogP contribution in [-0.2, 0) is 4.79 Å². The van der Waals surface area contributed by atoms with Crippen molar-refractivity contribution >= 4 is 12.1 Å². The van der Waals surface area contributed by atoms with Crippen LogP contribution in [0.15, 0.2) is 41.5 Å². The van der Waals surface area contributed by atoms with Gasteiger partial charge in [0.15, 0.2) is 6.61 Å². The molecule has 0 aliphatic carbocycles. The second-order valence-corrected chi connectivity index (χ2v) is 5.39. The number of rotatable bonds is 7. The molecule has 0 unspecified atom stereocenters. The average Bonchev–Trinajstić information content (AvgIpc) is 2.63. The third-order valence-corrected chi connectivity index (χ3v) is 3.75. The van der Waals surface area contributed by atoms with Crippen molar-refractivity contribution in [2.45, 2.75) is 13.8 Å². The van der Waals surface area contributed by atoms with E-state index in [1.54, 1.807) is 32.4 Å². The van der Waals surface area contributed by atoms with E-state index in [1.165, 1.54) is 6.21 Å². The van der Waals surface area contributed by atoms with Crippen molar-refractivity contribution in [3.8, 4) is 17.2 Å². The largest absolute Gasteiger partial charge is 0.497 e. The van der Waals surface area contributed by atoms with Gasteiger partial charge in [0.2, 0.25) is 0 Å². The fourth-order valence-electron chi connectivity index (χ4n) is 2.16. The van der Waals surface area contributed by atoms with E-state index in [0.717, 1.165) is 16.7 Å². The Morgan fingerprint density at radius 3 is 2.64 bits per heavy atom. The van der Waals surface area contributed by atoms with Crippen LogP contribution in [0.2, 0.25) is 0 Å². The summed E-state index contributed by atoms with van der Waals surface area (Å²) in [7, 11) is 3.14. The van der Waals surface area contributed by atoms with E-state index < -0.39 is 0 Å². The number of carbonyl (C=O) groups excluding carboxylic acids is 1. The first-order valence-electron chi connectivity index (χ1n) is 7.78. The Morgan fingerprint density at radius 2 is 1.92 bits per heavy atom. The minimum atomic E-state index is -0.343. The van der Waals surface area contributed by atoms with Crippen LogP contribution in [0.4, 0.5) is 0 Å². The minimum absolute atomic E-state index is 0.110. The number of hydrazone groups is 1. The van der Waals surface area contributed by atoms with Crippen LogP contribution in [0.3, 0.4) is 0 Å². The van der Waals surface area contributed by atoms with Gasteiger partial charge >= 0.3 is 0 Å². The number of aryl methyl sites for hydroxylation is 1. The highest BCUT2D eigenvalue weighted by Crippen LogP contribution is 2.23. The number of benzene rings is 2. The molecule has 2 aromatic carbocycles. The molecule has 2 aromatic rings. The molecule has 0 radical (unpaired) electrons. The summed E-state index contributed by atoms with van der Waals surface area (Å²) in [5.41, 5.74) is 5.28. The standard InChI is InChI=1S/C19H22N2O4/c1-13-6-5-7-17(14(13)2)25-12-19(22)21-20-11-15-8-9-16(23-3)10-18(15)24-4/h5-11H,12H2,1-4H3,(H,21,22). The molecule has 0 spiro atoms. The van der Waals surface area contributed by atoms with Crippen molar-refractivity contribution in [2.24, 2.45) is 5.10 Å². The zero-order valence-electron chi connectivity index (χ0n) is 14.8. The molecule has 0 bridgehead atoms. The maximum Gasteiger partial charge on any atom is 0.277 e. The molecule has 0 atom stereocenters. The maximum absolute atomic E-state index is 11.9. The van der Waals surface area contributed by atoms with E-state index in [9.17, 15) is 4.79 Å². The van der Waals surface area contributed by atoms with E-state index in [0.29, 0.717) is 17.2 Å². The van der Waals surface area contributed by atoms with Gasteiger partial charge in [-0.25, -0.2) is 5.43 Å². The van der Waals surface area contributed by atoms with Crippen LogP contribution in [0.25, 0.3) is 0 Å². The topological polar surface area (TPSA) is 69.2 Å². The summed E-state index contributed by atoms with van der Waals surface area (Å²) in [6.45, 7) is 3.84. The van der Waals surface area contributed by atoms with Crippen molar-refractivity contribution in [2.75, 3.05) is 20.8 Å². The van der Waals surface area contributed by atoms with Gasteiger partial charge in [-0.1, -0.05) is 12.1 Å². The van der Waals surface area contributed by atoms with Crippen molar-refractivity contribution in [3.05, 3.63) is 53.1 Å². The van der Waals surface area contributed by atoms with Gasteiger partial charge in [0.25, 0.3) is 5.91 Å². The quantitative estimate of drug-likeness (QED) is 0.620. The summed E-state index contributed by atoms with van der Waals surface area (Å²) < 4.78 is 15.9. The highest BCUT2D eigenvalue weighted by Gasteiger charge is 2.06. The van der Waals surface area contributed by atoms with Gasteiger partial charge in [0, 0.05) is 11.6 Å². The number of hydrogen-bond acceptors (Lipinski definition) is 5. The summed E-state index contributed by atoms with van der Waals surface area (Å²) in [4.78, 5) is 11.9. The smallest absolute Gasteiger partial charge is 0.277 e. The van der Waals surface area contributed by atoms with Crippen LogP contribution < -0.4 is 19.6 Å². The summed E-state index contributed by atoms with van der Waals surface area (Å²) >= 11 is 0. The zero-order chi connectivity index (χ0) is 18.2. The molecular formula is C19H22N2O4. The summed E-state index contributed by atoms with van der Waals surface area (Å²) in [5, 5.41) is 3.93. The SMILES string of the molecule is COc1ccc(C=NNC(=O)COc2cccc(C)c2C)c(OC)c1. The van der Waals surface area contributed by atoms with Crippen LogP contribution >= 0.6 is 0 Å². The van der Waals surface area contributed by atoms with E-state index >= 15 is 0 Å². The molecule has 6 nitrogen and oxygen atoms in total. The van der Waals surface area contributed by atoms with Gasteiger partial charge in [-0.15, -0.1) is 0 Å². The van der Waals surface area contributed by atoms with Gasteiger partial charge in [0.05, 0.1) is 20.4 Å². The molecule has 0 aliphatic heterocycles. The van der Waals surface area contributed by atoms with Crippen molar-refractivity contribution in [1.82, 2.24) is 5.43 Å². The van der Waals surface area contributed by atoms with Gasteiger partial charge in [0.1, 0.15) is 17.2 Å². The Bertz CT molecular complexity index is 772. The lowest BCUT2D eigenvalue weighted by Crippen LogP contribution is -2.24. The Kier molecular flexibility index (Phi) is 6.39. The minimum Gasteiger partial charge on any atom is -0.497 e. The first-order chi connectivity index (χ1) is 12.0. The number of amides is 1. The van der Waals surface area contributed by atoms with E-state index in [-0.39, 0.29) is 12.5 Å². The van der Waals surface area contributed by atoms with Crippen molar-refractivity contribution < 1.29 is 19.0 Å². The Morgan fingerprint density at radius 1 is 1.12 bits per heavy atom. The molecule has 0 aliphatic rings. The van der Waals surface area contributed by atoms with Crippen LogP contribution in [-0.4, -0.2) is 32.9 Å². The summed E-state index contributed by atoms with van der Waals surface area (Å²) in [6.07, 6.45) is 1.51. The second kappa shape index (κ2) is 8.73. The molecule has 0 saturated carbocycles. The number of nitrogens with zero attached hydrogens (tertiary/aromatic N) is 1. The fourth-order valence-corrected chi connectivity index (χ4v) is 2.16. The number of methoxy groups -OCH3 is 2. The highest BCUT2D eigenvalue weighted by atomic mass is 16.5. The van der Waals surface area contributed by atoms with Gasteiger partial charge in [-0.05, 0) is 43.2 Å². The molecular weight excluding hydrogens is 320 g/mol. The zero-order valence-corrected chi connectivity index (χ0v) is 14.8. The molecule has 1 N–H and O–H groups in total. The summed E-state index contributed by atoms with van der Waals surface area (Å²) in [5.74, 6) is 1.63. The Hall–Kier alpha value is -3.02. The molecule has 25 heavy (non-hydrogen) atoms. The lowest BCUT2D eigenvalue weighted by molar-refractivity contribution is -0.123. The first kappa shape index (κ1) is 18.3. The van der Waals surface area contributed by atoms with E-state index in [1.807, 2.05) is 32.0 Å². The third-order valence-electron chi connectivity index (χ3n) is 3.75. The second-order valence-electron chi connectivity index (χ2n) is 5.39. The molecule has 0 fully saturated rings. The Balaban J connectivity index is 1.91. The molecule has 132 valence electrons. The van der Waals surface area contributed by atoms with E-state index in [4.69, 9.17) is 14.2 Å². The lowest BCUT2D eigenvalue weighted by atomic mass is 10.1.